The molecule has 5 N–H and O–H groups in total. The van der Waals surface area contributed by atoms with E-state index in [1.807, 2.05) is 20.8 Å². The van der Waals surface area contributed by atoms with E-state index in [9.17, 15) is 4.79 Å². The molecule has 26 heavy (non-hydrogen) atoms. The van der Waals surface area contributed by atoms with Crippen LogP contribution in [0.1, 0.15) is 39.6 Å². The standard InChI is InChI=1S/C10H14N2O2.C5H8N4.CH4.H2N2/c1-10(2,3)14-9(13)6-8-7-11-4-5-12-8;6-9-4-5-3-7-1-2-8-5;;1-2/h4-5,7H,6H2,1-3H3;1-3,9H,4,6H2;1H4;1-2H. The van der Waals surface area contributed by atoms with Gasteiger partial charge in [-0.25, -0.2) is 11.1 Å². The van der Waals surface area contributed by atoms with Crippen LogP contribution in [-0.4, -0.2) is 31.5 Å². The third-order valence-electron chi connectivity index (χ3n) is 2.26. The lowest BCUT2D eigenvalue weighted by atomic mass is 10.2. The second-order valence-electron chi connectivity index (χ2n) is 5.54. The van der Waals surface area contributed by atoms with Crippen molar-refractivity contribution in [3.05, 3.63) is 48.6 Å². The topological polar surface area (TPSA) is 164 Å². The molecule has 2 heterocycles. The molecule has 2 aromatic heterocycles. The fourth-order valence-corrected chi connectivity index (χ4v) is 1.47. The number of aromatic nitrogens is 4. The van der Waals surface area contributed by atoms with E-state index in [1.54, 1.807) is 37.2 Å². The number of hydrogen-bond acceptors (Lipinski definition) is 10. The van der Waals surface area contributed by atoms with Crippen molar-refractivity contribution >= 4 is 5.97 Å². The molecule has 0 amide bonds. The Labute approximate surface area is 153 Å². The Hall–Kier alpha value is -2.85. The Kier molecular flexibility index (Phi) is 14.1. The molecule has 0 aliphatic rings. The minimum absolute atomic E-state index is 0. The molecule has 0 aliphatic heterocycles. The highest BCUT2D eigenvalue weighted by Gasteiger charge is 2.16. The summed E-state index contributed by atoms with van der Waals surface area (Å²) in [5, 5.41) is 0. The highest BCUT2D eigenvalue weighted by molar-refractivity contribution is 5.72. The second kappa shape index (κ2) is 14.5. The monoisotopic (exact) mass is 364 g/mol. The predicted molar refractivity (Wildman–Crippen MR) is 96.8 cm³/mol. The molecule has 0 unspecified atom stereocenters. The summed E-state index contributed by atoms with van der Waals surface area (Å²) in [5.41, 5.74) is 13.5. The van der Waals surface area contributed by atoms with Gasteiger partial charge in [-0.05, 0) is 20.8 Å². The Bertz CT molecular complexity index is 590. The van der Waals surface area contributed by atoms with Gasteiger partial charge in [0.15, 0.2) is 0 Å². The lowest BCUT2D eigenvalue weighted by molar-refractivity contribution is -0.154. The van der Waals surface area contributed by atoms with Gasteiger partial charge in [0.05, 0.1) is 24.4 Å². The zero-order chi connectivity index (χ0) is 19.1. The van der Waals surface area contributed by atoms with Gasteiger partial charge in [-0.2, -0.15) is 0 Å². The summed E-state index contributed by atoms with van der Waals surface area (Å²) in [6.45, 7) is 6.07. The van der Waals surface area contributed by atoms with Crippen molar-refractivity contribution in [1.82, 2.24) is 25.4 Å². The fourth-order valence-electron chi connectivity index (χ4n) is 1.47. The number of nitrogens with one attached hydrogen (secondary N) is 3. The molecule has 0 atom stereocenters. The fraction of sp³-hybridized carbons (Fsp3) is 0.438. The van der Waals surface area contributed by atoms with E-state index in [0.717, 1.165) is 5.69 Å². The van der Waals surface area contributed by atoms with Gasteiger partial charge >= 0.3 is 5.97 Å². The summed E-state index contributed by atoms with van der Waals surface area (Å²) in [4.78, 5) is 27.0. The maximum atomic E-state index is 11.3. The van der Waals surface area contributed by atoms with Crippen LogP contribution in [0.3, 0.4) is 0 Å². The van der Waals surface area contributed by atoms with E-state index < -0.39 is 5.60 Å². The Morgan fingerprint density at radius 3 is 1.96 bits per heavy atom. The van der Waals surface area contributed by atoms with Crippen LogP contribution in [0.5, 0.6) is 0 Å². The van der Waals surface area contributed by atoms with E-state index in [1.165, 1.54) is 0 Å². The molecular formula is C16H28N8O2. The molecule has 0 saturated carbocycles. The number of carbonyl (C=O) groups excluding carboxylic acids is 1. The first-order valence-electron chi connectivity index (χ1n) is 7.31. The molecule has 0 spiro atoms. The van der Waals surface area contributed by atoms with Crippen LogP contribution >= 0.6 is 0 Å². The van der Waals surface area contributed by atoms with Gasteiger partial charge in [0.25, 0.3) is 0 Å². The summed E-state index contributed by atoms with van der Waals surface area (Å²) >= 11 is 0. The average Bonchev–Trinajstić information content (AvgIpc) is 2.58. The van der Waals surface area contributed by atoms with Gasteiger partial charge < -0.3 is 4.74 Å². The lowest BCUT2D eigenvalue weighted by Crippen LogP contribution is -2.25. The Morgan fingerprint density at radius 2 is 1.58 bits per heavy atom. The van der Waals surface area contributed by atoms with Crippen LogP contribution in [0, 0.1) is 11.1 Å². The summed E-state index contributed by atoms with van der Waals surface area (Å²) in [6.07, 6.45) is 9.78. The van der Waals surface area contributed by atoms with E-state index in [-0.39, 0.29) is 19.8 Å². The number of hydrazine groups is 1. The maximum Gasteiger partial charge on any atom is 0.312 e. The Balaban J connectivity index is 0. The van der Waals surface area contributed by atoms with E-state index in [0.29, 0.717) is 12.2 Å². The SMILES string of the molecule is C.CC(C)(C)OC(=O)Cc1cnccn1.N=N.NNCc1cnccn1. The van der Waals surface area contributed by atoms with Crippen LogP contribution in [-0.2, 0) is 22.5 Å². The summed E-state index contributed by atoms with van der Waals surface area (Å²) < 4.78 is 5.13. The molecule has 0 aromatic carbocycles. The van der Waals surface area contributed by atoms with Crippen molar-refractivity contribution in [1.29, 1.82) is 11.1 Å². The predicted octanol–water partition coefficient (Wildman–Crippen LogP) is 2.03. The number of nitrogens with zero attached hydrogens (tertiary/aromatic N) is 4. The van der Waals surface area contributed by atoms with E-state index >= 15 is 0 Å². The molecule has 0 saturated heterocycles. The molecule has 2 aromatic rings. The van der Waals surface area contributed by atoms with Crippen LogP contribution < -0.4 is 11.3 Å². The molecule has 144 valence electrons. The molecule has 0 bridgehead atoms. The number of ether oxygens (including phenoxy) is 1. The van der Waals surface area contributed by atoms with E-state index in [4.69, 9.17) is 21.6 Å². The number of hydrogen-bond donors (Lipinski definition) is 4. The molecule has 2 rings (SSSR count). The van der Waals surface area contributed by atoms with Gasteiger partial charge in [0.2, 0.25) is 0 Å². The van der Waals surface area contributed by atoms with Crippen LogP contribution in [0.15, 0.2) is 37.2 Å². The summed E-state index contributed by atoms with van der Waals surface area (Å²) in [7, 11) is 0. The number of rotatable bonds is 4. The van der Waals surface area contributed by atoms with Gasteiger partial charge in [-0.3, -0.25) is 36.0 Å². The molecule has 0 radical (unpaired) electrons. The highest BCUT2D eigenvalue weighted by atomic mass is 16.6. The first-order valence-corrected chi connectivity index (χ1v) is 7.31. The maximum absolute atomic E-state index is 11.3. The minimum atomic E-state index is -0.445. The smallest absolute Gasteiger partial charge is 0.312 e. The molecular weight excluding hydrogens is 336 g/mol. The lowest BCUT2D eigenvalue weighted by Gasteiger charge is -2.19. The Morgan fingerprint density at radius 1 is 1.08 bits per heavy atom. The number of esters is 1. The number of nitrogens with two attached hydrogens (primary N) is 1. The highest BCUT2D eigenvalue weighted by Crippen LogP contribution is 2.08. The van der Waals surface area contributed by atoms with Crippen molar-refractivity contribution in [3.63, 3.8) is 0 Å². The largest absolute Gasteiger partial charge is 0.460 e. The van der Waals surface area contributed by atoms with Gasteiger partial charge in [-0.1, -0.05) is 7.43 Å². The van der Waals surface area contributed by atoms with Crippen molar-refractivity contribution < 1.29 is 9.53 Å². The molecule has 0 fully saturated rings. The van der Waals surface area contributed by atoms with Crippen molar-refractivity contribution in [2.45, 2.75) is 46.8 Å². The van der Waals surface area contributed by atoms with Crippen molar-refractivity contribution in [3.8, 4) is 0 Å². The molecule has 0 aliphatic carbocycles. The van der Waals surface area contributed by atoms with E-state index in [2.05, 4.69) is 25.4 Å². The second-order valence-corrected chi connectivity index (χ2v) is 5.54. The quantitative estimate of drug-likeness (QED) is 0.277. The third kappa shape index (κ3) is 13.6. The summed E-state index contributed by atoms with van der Waals surface area (Å²) in [6, 6.07) is 0. The van der Waals surface area contributed by atoms with Gasteiger partial charge in [0.1, 0.15) is 5.60 Å². The first-order chi connectivity index (χ1) is 11.9. The van der Waals surface area contributed by atoms with Crippen LogP contribution in [0.4, 0.5) is 0 Å². The van der Waals surface area contributed by atoms with Gasteiger partial charge in [0, 0.05) is 37.2 Å². The van der Waals surface area contributed by atoms with Crippen molar-refractivity contribution in [2.24, 2.45) is 5.84 Å². The number of carbonyl (C=O) groups is 1. The molecule has 10 nitrogen and oxygen atoms in total. The van der Waals surface area contributed by atoms with Crippen LogP contribution in [0.2, 0.25) is 0 Å². The first kappa shape index (κ1) is 25.4. The zero-order valence-electron chi connectivity index (χ0n) is 14.6. The van der Waals surface area contributed by atoms with Gasteiger partial charge in [-0.15, -0.1) is 0 Å². The minimum Gasteiger partial charge on any atom is -0.460 e. The van der Waals surface area contributed by atoms with Crippen LogP contribution in [0.25, 0.3) is 0 Å². The third-order valence-corrected chi connectivity index (χ3v) is 2.26. The zero-order valence-corrected chi connectivity index (χ0v) is 14.6. The van der Waals surface area contributed by atoms with Crippen molar-refractivity contribution in [2.75, 3.05) is 0 Å². The normalized spacial score (nSPS) is 9.38. The summed E-state index contributed by atoms with van der Waals surface area (Å²) in [5.74, 6) is 4.76. The molecule has 10 heteroatoms. The average molecular weight is 364 g/mol.